The fourth-order valence-electron chi connectivity index (χ4n) is 3.18. The number of allylic oxidation sites excluding steroid dienone is 1. The van der Waals surface area contributed by atoms with Gasteiger partial charge in [-0.3, -0.25) is 0 Å². The Kier molecular flexibility index (Phi) is 8.31. The van der Waals surface area contributed by atoms with Gasteiger partial charge in [0.15, 0.2) is 0 Å². The van der Waals surface area contributed by atoms with E-state index in [1.165, 1.54) is 30.5 Å². The Balaban J connectivity index is 2.04. The van der Waals surface area contributed by atoms with E-state index in [9.17, 15) is 18.3 Å². The lowest BCUT2D eigenvalue weighted by molar-refractivity contribution is 0.0697. The normalized spacial score (nSPS) is 14.6. The van der Waals surface area contributed by atoms with E-state index in [4.69, 9.17) is 0 Å². The van der Waals surface area contributed by atoms with Gasteiger partial charge < -0.3 is 10.4 Å². The smallest absolute Gasteiger partial charge is 0.337 e. The molecule has 6 nitrogen and oxygen atoms in total. The van der Waals surface area contributed by atoms with Crippen molar-refractivity contribution in [1.82, 2.24) is 4.72 Å². The molecule has 0 heterocycles. The Labute approximate surface area is 162 Å². The van der Waals surface area contributed by atoms with E-state index < -0.39 is 16.0 Å². The van der Waals surface area contributed by atoms with Gasteiger partial charge in [0.2, 0.25) is 10.0 Å². The van der Waals surface area contributed by atoms with E-state index in [1.807, 2.05) is 6.92 Å². The molecule has 7 heteroatoms. The zero-order chi connectivity index (χ0) is 19.7. The predicted molar refractivity (Wildman–Crippen MR) is 108 cm³/mol. The van der Waals surface area contributed by atoms with Gasteiger partial charge in [-0.1, -0.05) is 31.4 Å². The van der Waals surface area contributed by atoms with E-state index >= 15 is 0 Å². The van der Waals surface area contributed by atoms with Crippen molar-refractivity contribution in [3.05, 3.63) is 35.4 Å². The zero-order valence-corrected chi connectivity index (χ0v) is 16.8. The van der Waals surface area contributed by atoms with Gasteiger partial charge in [-0.15, -0.1) is 0 Å². The zero-order valence-electron chi connectivity index (χ0n) is 16.0. The SMILES string of the molecule is CCCCCNS(=O)(=O)c1ccc(NCCC2=CCCCC2)c(C(=O)O)c1. The quantitative estimate of drug-likeness (QED) is 0.387. The molecule has 2 rings (SSSR count). The van der Waals surface area contributed by atoms with Crippen LogP contribution in [-0.2, 0) is 10.0 Å². The number of benzene rings is 1. The number of hydrogen-bond acceptors (Lipinski definition) is 4. The second kappa shape index (κ2) is 10.5. The van der Waals surface area contributed by atoms with E-state index in [-0.39, 0.29) is 10.5 Å². The molecule has 1 aliphatic carbocycles. The maximum absolute atomic E-state index is 12.4. The highest BCUT2D eigenvalue weighted by atomic mass is 32.2. The van der Waals surface area contributed by atoms with Crippen LogP contribution >= 0.6 is 0 Å². The molecule has 0 bridgehead atoms. The molecule has 0 aromatic heterocycles. The Morgan fingerprint density at radius 3 is 2.67 bits per heavy atom. The van der Waals surface area contributed by atoms with Crippen molar-refractivity contribution in [2.24, 2.45) is 0 Å². The molecule has 1 aromatic rings. The molecule has 0 atom stereocenters. The standard InChI is InChI=1S/C20H30N2O4S/c1-2-3-7-13-22-27(25,26)17-10-11-19(18(15-17)20(23)24)21-14-12-16-8-5-4-6-9-16/h8,10-11,15,21-22H,2-7,9,12-14H2,1H3,(H,23,24). The molecule has 0 saturated heterocycles. The lowest BCUT2D eigenvalue weighted by atomic mass is 9.97. The molecule has 27 heavy (non-hydrogen) atoms. The molecule has 3 N–H and O–H groups in total. The summed E-state index contributed by atoms with van der Waals surface area (Å²) in [6.07, 6.45) is 10.5. The van der Waals surface area contributed by atoms with Gasteiger partial charge in [0.1, 0.15) is 0 Å². The maximum Gasteiger partial charge on any atom is 0.337 e. The first-order chi connectivity index (χ1) is 12.9. The van der Waals surface area contributed by atoms with Gasteiger partial charge >= 0.3 is 5.97 Å². The second-order valence-corrected chi connectivity index (χ2v) is 8.67. The Bertz CT molecular complexity index is 772. The van der Waals surface area contributed by atoms with Gasteiger partial charge in [0, 0.05) is 18.8 Å². The van der Waals surface area contributed by atoms with Crippen LogP contribution in [0.2, 0.25) is 0 Å². The number of aromatic carboxylic acids is 1. The fraction of sp³-hybridized carbons (Fsp3) is 0.550. The third-order valence-electron chi connectivity index (χ3n) is 4.75. The highest BCUT2D eigenvalue weighted by Gasteiger charge is 2.18. The lowest BCUT2D eigenvalue weighted by Crippen LogP contribution is -2.25. The fourth-order valence-corrected chi connectivity index (χ4v) is 4.28. The minimum Gasteiger partial charge on any atom is -0.478 e. The first kappa shape index (κ1) is 21.4. The van der Waals surface area contributed by atoms with Crippen LogP contribution in [0.15, 0.2) is 34.7 Å². The lowest BCUT2D eigenvalue weighted by Gasteiger charge is -2.15. The number of carbonyl (C=O) groups is 1. The summed E-state index contributed by atoms with van der Waals surface area (Å²) >= 11 is 0. The number of carboxylic acids is 1. The molecule has 0 aliphatic heterocycles. The summed E-state index contributed by atoms with van der Waals surface area (Å²) in [5, 5.41) is 12.6. The molecular formula is C20H30N2O4S. The van der Waals surface area contributed by atoms with Crippen LogP contribution in [-0.4, -0.2) is 32.6 Å². The molecule has 0 spiro atoms. The van der Waals surface area contributed by atoms with Crippen molar-refractivity contribution in [2.75, 3.05) is 18.4 Å². The van der Waals surface area contributed by atoms with Gasteiger partial charge in [-0.05, 0) is 56.7 Å². The highest BCUT2D eigenvalue weighted by molar-refractivity contribution is 7.89. The largest absolute Gasteiger partial charge is 0.478 e. The molecule has 150 valence electrons. The summed E-state index contributed by atoms with van der Waals surface area (Å²) in [4.78, 5) is 11.6. The minimum absolute atomic E-state index is 0.0167. The third-order valence-corrected chi connectivity index (χ3v) is 6.21. The van der Waals surface area contributed by atoms with Crippen molar-refractivity contribution in [3.8, 4) is 0 Å². The highest BCUT2D eigenvalue weighted by Crippen LogP contribution is 2.23. The van der Waals surface area contributed by atoms with Crippen LogP contribution in [0.1, 0.15) is 68.6 Å². The second-order valence-electron chi connectivity index (χ2n) is 6.90. The van der Waals surface area contributed by atoms with Crippen LogP contribution in [0.25, 0.3) is 0 Å². The predicted octanol–water partition coefficient (Wildman–Crippen LogP) is 4.16. The molecule has 1 aliphatic rings. The van der Waals surface area contributed by atoms with Crippen molar-refractivity contribution < 1.29 is 18.3 Å². The van der Waals surface area contributed by atoms with Gasteiger partial charge in [0.25, 0.3) is 0 Å². The number of hydrogen-bond donors (Lipinski definition) is 3. The Hall–Kier alpha value is -1.86. The van der Waals surface area contributed by atoms with E-state index in [0.717, 1.165) is 38.5 Å². The number of rotatable bonds is 11. The van der Waals surface area contributed by atoms with Gasteiger partial charge in [0.05, 0.1) is 10.5 Å². The van der Waals surface area contributed by atoms with Crippen LogP contribution < -0.4 is 10.0 Å². The molecule has 0 fully saturated rings. The van der Waals surface area contributed by atoms with Crippen LogP contribution in [0, 0.1) is 0 Å². The summed E-state index contributed by atoms with van der Waals surface area (Å²) in [6.45, 7) is 3.03. The average molecular weight is 395 g/mol. The molecule has 0 amide bonds. The summed E-state index contributed by atoms with van der Waals surface area (Å²) in [5.41, 5.74) is 1.83. The topological polar surface area (TPSA) is 95.5 Å². The first-order valence-electron chi connectivity index (χ1n) is 9.73. The molecule has 1 aromatic carbocycles. The molecular weight excluding hydrogens is 364 g/mol. The average Bonchev–Trinajstić information content (AvgIpc) is 2.66. The number of anilines is 1. The summed E-state index contributed by atoms with van der Waals surface area (Å²) in [6, 6.07) is 4.23. The van der Waals surface area contributed by atoms with Gasteiger partial charge in [-0.25, -0.2) is 17.9 Å². The minimum atomic E-state index is -3.70. The van der Waals surface area contributed by atoms with Crippen LogP contribution in [0.4, 0.5) is 5.69 Å². The van der Waals surface area contributed by atoms with Crippen molar-refractivity contribution in [3.63, 3.8) is 0 Å². The van der Waals surface area contributed by atoms with E-state index in [2.05, 4.69) is 16.1 Å². The van der Waals surface area contributed by atoms with E-state index in [0.29, 0.717) is 18.8 Å². The van der Waals surface area contributed by atoms with Crippen molar-refractivity contribution >= 4 is 21.7 Å². The van der Waals surface area contributed by atoms with E-state index in [1.54, 1.807) is 6.07 Å². The maximum atomic E-state index is 12.4. The van der Waals surface area contributed by atoms with Gasteiger partial charge in [-0.2, -0.15) is 0 Å². The first-order valence-corrected chi connectivity index (χ1v) is 11.2. The third kappa shape index (κ3) is 6.66. The van der Waals surface area contributed by atoms with Crippen molar-refractivity contribution in [1.29, 1.82) is 0 Å². The summed E-state index contributed by atoms with van der Waals surface area (Å²) in [7, 11) is -3.70. The van der Waals surface area contributed by atoms with Crippen LogP contribution in [0.5, 0.6) is 0 Å². The summed E-state index contributed by atoms with van der Waals surface area (Å²) in [5.74, 6) is -1.14. The summed E-state index contributed by atoms with van der Waals surface area (Å²) < 4.78 is 27.3. The number of unbranched alkanes of at least 4 members (excludes halogenated alkanes) is 2. The number of nitrogens with one attached hydrogen (secondary N) is 2. The monoisotopic (exact) mass is 394 g/mol. The molecule has 0 unspecified atom stereocenters. The molecule has 0 radical (unpaired) electrons. The Morgan fingerprint density at radius 1 is 1.19 bits per heavy atom. The number of sulfonamides is 1. The van der Waals surface area contributed by atoms with Crippen molar-refractivity contribution in [2.45, 2.75) is 63.2 Å². The van der Waals surface area contributed by atoms with Crippen LogP contribution in [0.3, 0.4) is 0 Å². The Morgan fingerprint density at radius 2 is 2.00 bits per heavy atom. The number of carboxylic acid groups (broad SMARTS) is 1. The molecule has 0 saturated carbocycles.